The predicted octanol–water partition coefficient (Wildman–Crippen LogP) is 3.67. The quantitative estimate of drug-likeness (QED) is 0.463. The van der Waals surface area contributed by atoms with Gasteiger partial charge in [-0.3, -0.25) is 0 Å². The molecule has 0 bridgehead atoms. The van der Waals surface area contributed by atoms with E-state index in [0.717, 1.165) is 21.5 Å². The zero-order valence-corrected chi connectivity index (χ0v) is 10.0. The van der Waals surface area contributed by atoms with Crippen LogP contribution < -0.4 is 5.73 Å². The molecule has 1 heterocycles. The lowest BCUT2D eigenvalue weighted by Crippen LogP contribution is -1.90. The van der Waals surface area contributed by atoms with E-state index in [1.807, 2.05) is 11.4 Å². The van der Waals surface area contributed by atoms with E-state index in [0.29, 0.717) is 0 Å². The second-order valence-electron chi connectivity index (χ2n) is 2.80. The van der Waals surface area contributed by atoms with E-state index in [4.69, 9.17) is 5.73 Å². The highest BCUT2D eigenvalue weighted by molar-refractivity contribution is 9.08. The average Bonchev–Trinajstić information content (AvgIpc) is 2.46. The summed E-state index contributed by atoms with van der Waals surface area (Å²) in [6.45, 7) is 0. The topological polar surface area (TPSA) is 26.0 Å². The summed E-state index contributed by atoms with van der Waals surface area (Å²) < 4.78 is 1.20. The molecule has 13 heavy (non-hydrogen) atoms. The van der Waals surface area contributed by atoms with Crippen molar-refractivity contribution in [3.63, 3.8) is 0 Å². The normalized spacial score (nSPS) is 10.9. The number of alkyl halides is 1. The van der Waals surface area contributed by atoms with Crippen molar-refractivity contribution >= 4 is 55.7 Å². The molecule has 0 aliphatic carbocycles. The lowest BCUT2D eigenvalue weighted by molar-refractivity contribution is 1.46. The Morgan fingerprint density at radius 3 is 2.92 bits per heavy atom. The number of thiophene rings is 1. The molecule has 0 unspecified atom stereocenters. The molecule has 0 saturated heterocycles. The minimum atomic E-state index is 0.790. The van der Waals surface area contributed by atoms with E-state index in [9.17, 15) is 0 Å². The molecular formula is C9H8BrNS2. The van der Waals surface area contributed by atoms with Gasteiger partial charge in [-0.05, 0) is 17.7 Å². The van der Waals surface area contributed by atoms with Crippen LogP contribution in [0.2, 0.25) is 0 Å². The standard InChI is InChI=1S/C9H8BrNS2/c10-3-5-1-6-8(12)4-13-9(6)2-7(5)11/h1-2,4,12H,3,11H2. The molecule has 2 aromatic rings. The Balaban J connectivity index is 2.77. The van der Waals surface area contributed by atoms with Gasteiger partial charge in [-0.25, -0.2) is 0 Å². The monoisotopic (exact) mass is 273 g/mol. The van der Waals surface area contributed by atoms with Crippen molar-refractivity contribution in [3.05, 3.63) is 23.1 Å². The Labute approximate surface area is 94.5 Å². The number of thiol groups is 1. The predicted molar refractivity (Wildman–Crippen MR) is 66.1 cm³/mol. The maximum absolute atomic E-state index is 5.86. The number of fused-ring (bicyclic) bond motifs is 1. The molecule has 0 atom stereocenters. The first-order valence-electron chi connectivity index (χ1n) is 3.77. The van der Waals surface area contributed by atoms with Crippen LogP contribution in [0.25, 0.3) is 10.1 Å². The molecule has 1 aromatic carbocycles. The molecule has 2 rings (SSSR count). The van der Waals surface area contributed by atoms with Crippen LogP contribution in [0.1, 0.15) is 5.56 Å². The van der Waals surface area contributed by atoms with Gasteiger partial charge < -0.3 is 5.73 Å². The van der Waals surface area contributed by atoms with Crippen LogP contribution in [-0.4, -0.2) is 0 Å². The molecule has 0 amide bonds. The Bertz CT molecular complexity index is 450. The van der Waals surface area contributed by atoms with E-state index in [1.165, 1.54) is 10.1 Å². The fraction of sp³-hybridized carbons (Fsp3) is 0.111. The molecule has 4 heteroatoms. The summed E-state index contributed by atoms with van der Waals surface area (Å²) in [6.07, 6.45) is 0. The second-order valence-corrected chi connectivity index (χ2v) is 4.76. The van der Waals surface area contributed by atoms with Crippen LogP contribution in [0.4, 0.5) is 5.69 Å². The molecule has 0 fully saturated rings. The van der Waals surface area contributed by atoms with Crippen molar-refractivity contribution < 1.29 is 0 Å². The van der Waals surface area contributed by atoms with Crippen molar-refractivity contribution in [1.82, 2.24) is 0 Å². The van der Waals surface area contributed by atoms with E-state index in [2.05, 4.69) is 34.6 Å². The van der Waals surface area contributed by atoms with Crippen LogP contribution in [0.5, 0.6) is 0 Å². The largest absolute Gasteiger partial charge is 0.398 e. The van der Waals surface area contributed by atoms with Crippen LogP contribution >= 0.6 is 39.9 Å². The number of halogens is 1. The van der Waals surface area contributed by atoms with Gasteiger partial charge in [0, 0.05) is 31.4 Å². The molecule has 0 aliphatic heterocycles. The van der Waals surface area contributed by atoms with Crippen molar-refractivity contribution in [1.29, 1.82) is 0 Å². The molecule has 0 spiro atoms. The molecule has 0 aliphatic rings. The Morgan fingerprint density at radius 2 is 2.23 bits per heavy atom. The van der Waals surface area contributed by atoms with E-state index in [-0.39, 0.29) is 0 Å². The molecule has 0 radical (unpaired) electrons. The van der Waals surface area contributed by atoms with Crippen molar-refractivity contribution in [2.75, 3.05) is 5.73 Å². The van der Waals surface area contributed by atoms with Gasteiger partial charge in [-0.2, -0.15) is 0 Å². The third-order valence-electron chi connectivity index (χ3n) is 1.96. The van der Waals surface area contributed by atoms with Gasteiger partial charge >= 0.3 is 0 Å². The Kier molecular flexibility index (Phi) is 2.53. The zero-order chi connectivity index (χ0) is 9.42. The summed E-state index contributed by atoms with van der Waals surface area (Å²) in [4.78, 5) is 1.03. The molecule has 2 N–H and O–H groups in total. The van der Waals surface area contributed by atoms with Crippen LogP contribution in [0.3, 0.4) is 0 Å². The molecule has 1 nitrogen and oxygen atoms in total. The summed E-state index contributed by atoms with van der Waals surface area (Å²) in [5.74, 6) is 0. The maximum Gasteiger partial charge on any atom is 0.0374 e. The number of hydrogen-bond donors (Lipinski definition) is 2. The van der Waals surface area contributed by atoms with Crippen LogP contribution in [0.15, 0.2) is 22.4 Å². The van der Waals surface area contributed by atoms with Crippen LogP contribution in [-0.2, 0) is 5.33 Å². The van der Waals surface area contributed by atoms with Crippen LogP contribution in [0, 0.1) is 0 Å². The average molecular weight is 274 g/mol. The smallest absolute Gasteiger partial charge is 0.0374 e. The Hall–Kier alpha value is -0.190. The SMILES string of the molecule is Nc1cc2scc(S)c2cc1CBr. The number of benzene rings is 1. The molecule has 1 aromatic heterocycles. The third-order valence-corrected chi connectivity index (χ3v) is 4.05. The van der Waals surface area contributed by atoms with Gasteiger partial charge in [0.15, 0.2) is 0 Å². The van der Waals surface area contributed by atoms with Crippen molar-refractivity contribution in [2.24, 2.45) is 0 Å². The minimum absolute atomic E-state index is 0.790. The van der Waals surface area contributed by atoms with E-state index < -0.39 is 0 Å². The fourth-order valence-corrected chi connectivity index (χ4v) is 3.00. The summed E-state index contributed by atoms with van der Waals surface area (Å²) in [5.41, 5.74) is 7.83. The lowest BCUT2D eigenvalue weighted by Gasteiger charge is -2.01. The second kappa shape index (κ2) is 3.52. The van der Waals surface area contributed by atoms with Gasteiger partial charge in [0.25, 0.3) is 0 Å². The number of anilines is 1. The van der Waals surface area contributed by atoms with E-state index in [1.54, 1.807) is 11.3 Å². The van der Waals surface area contributed by atoms with Crippen molar-refractivity contribution in [3.8, 4) is 0 Å². The summed E-state index contributed by atoms with van der Waals surface area (Å²) >= 11 is 9.46. The summed E-state index contributed by atoms with van der Waals surface area (Å²) in [6, 6.07) is 4.11. The first-order chi connectivity index (χ1) is 6.22. The van der Waals surface area contributed by atoms with Gasteiger partial charge in [-0.1, -0.05) is 15.9 Å². The minimum Gasteiger partial charge on any atom is -0.398 e. The highest BCUT2D eigenvalue weighted by Crippen LogP contribution is 2.32. The highest BCUT2D eigenvalue weighted by atomic mass is 79.9. The zero-order valence-electron chi connectivity index (χ0n) is 6.75. The summed E-state index contributed by atoms with van der Waals surface area (Å²) in [5, 5.41) is 4.01. The van der Waals surface area contributed by atoms with Gasteiger partial charge in [0.1, 0.15) is 0 Å². The highest BCUT2D eigenvalue weighted by Gasteiger charge is 2.04. The number of nitrogens with two attached hydrogens (primary N) is 1. The summed E-state index contributed by atoms with van der Waals surface area (Å²) in [7, 11) is 0. The van der Waals surface area contributed by atoms with E-state index >= 15 is 0 Å². The number of nitrogen functional groups attached to an aromatic ring is 1. The van der Waals surface area contributed by atoms with Gasteiger partial charge in [-0.15, -0.1) is 24.0 Å². The van der Waals surface area contributed by atoms with Crippen molar-refractivity contribution in [2.45, 2.75) is 10.2 Å². The first kappa shape index (κ1) is 9.37. The maximum atomic E-state index is 5.86. The number of hydrogen-bond acceptors (Lipinski definition) is 3. The Morgan fingerprint density at radius 1 is 1.46 bits per heavy atom. The fourth-order valence-electron chi connectivity index (χ4n) is 1.24. The molecule has 68 valence electrons. The number of rotatable bonds is 1. The molecule has 0 saturated carbocycles. The van der Waals surface area contributed by atoms with Gasteiger partial charge in [0.2, 0.25) is 0 Å². The third kappa shape index (κ3) is 1.58. The lowest BCUT2D eigenvalue weighted by atomic mass is 10.1. The van der Waals surface area contributed by atoms with Gasteiger partial charge in [0.05, 0.1) is 0 Å². The molecular weight excluding hydrogens is 266 g/mol. The first-order valence-corrected chi connectivity index (χ1v) is 6.21.